The summed E-state index contributed by atoms with van der Waals surface area (Å²) in [5, 5.41) is -0.260. The Morgan fingerprint density at radius 3 is 2.12 bits per heavy atom. The van der Waals surface area contributed by atoms with Crippen molar-refractivity contribution in [3.05, 3.63) is 70.6 Å². The van der Waals surface area contributed by atoms with Gasteiger partial charge in [0.25, 0.3) is 11.1 Å². The Balaban J connectivity index is 1.87. The van der Waals surface area contributed by atoms with E-state index in [1.54, 1.807) is 18.2 Å². The van der Waals surface area contributed by atoms with Crippen LogP contribution in [-0.4, -0.2) is 11.1 Å². The highest BCUT2D eigenvalue weighted by Crippen LogP contribution is 2.35. The monoisotopic (exact) mass is 337 g/mol. The van der Waals surface area contributed by atoms with Crippen molar-refractivity contribution in [1.82, 2.24) is 0 Å². The lowest BCUT2D eigenvalue weighted by molar-refractivity contribution is -0.113. The third-order valence-electron chi connectivity index (χ3n) is 3.88. The van der Waals surface area contributed by atoms with Crippen molar-refractivity contribution in [1.29, 1.82) is 0 Å². The van der Waals surface area contributed by atoms with Gasteiger partial charge in [-0.2, -0.15) is 0 Å². The van der Waals surface area contributed by atoms with Crippen LogP contribution in [0.1, 0.15) is 31.9 Å². The summed E-state index contributed by atoms with van der Waals surface area (Å²) in [5.41, 5.74) is 2.84. The number of hydrogen-bond donors (Lipinski definition) is 0. The average molecular weight is 337 g/mol. The minimum absolute atomic E-state index is 0.0870. The molecule has 122 valence electrons. The molecule has 1 aliphatic heterocycles. The van der Waals surface area contributed by atoms with Crippen molar-refractivity contribution in [2.75, 3.05) is 4.90 Å². The molecule has 3 rings (SSSR count). The van der Waals surface area contributed by atoms with Gasteiger partial charge >= 0.3 is 0 Å². The normalized spacial score (nSPS) is 17.0. The highest BCUT2D eigenvalue weighted by molar-refractivity contribution is 8.19. The van der Waals surface area contributed by atoms with Crippen LogP contribution in [0.2, 0.25) is 0 Å². The summed E-state index contributed by atoms with van der Waals surface area (Å²) in [7, 11) is 0. The fourth-order valence-corrected chi connectivity index (χ4v) is 3.34. The second-order valence-corrected chi connectivity index (χ2v) is 7.72. The maximum atomic E-state index is 12.6. The first kappa shape index (κ1) is 16.5. The molecule has 24 heavy (non-hydrogen) atoms. The largest absolute Gasteiger partial charge is 0.298 e. The number of benzene rings is 2. The van der Waals surface area contributed by atoms with Gasteiger partial charge in [0.2, 0.25) is 0 Å². The highest BCUT2D eigenvalue weighted by Gasteiger charge is 2.36. The van der Waals surface area contributed by atoms with Crippen LogP contribution in [0.3, 0.4) is 0 Å². The number of thioether (sulfide) groups is 1. The molecule has 2 aromatic rings. The molecular formula is C20H19NO2S. The molecule has 2 aromatic carbocycles. The van der Waals surface area contributed by atoms with E-state index in [2.05, 4.69) is 32.9 Å². The van der Waals surface area contributed by atoms with Gasteiger partial charge < -0.3 is 0 Å². The van der Waals surface area contributed by atoms with Gasteiger partial charge in [0.05, 0.1) is 10.6 Å². The van der Waals surface area contributed by atoms with E-state index in [0.29, 0.717) is 10.6 Å². The Morgan fingerprint density at radius 1 is 0.917 bits per heavy atom. The molecule has 0 saturated carbocycles. The van der Waals surface area contributed by atoms with Crippen molar-refractivity contribution >= 4 is 34.7 Å². The number of amides is 2. The Morgan fingerprint density at radius 2 is 1.54 bits per heavy atom. The lowest BCUT2D eigenvalue weighted by atomic mass is 9.87. The van der Waals surface area contributed by atoms with Crippen LogP contribution < -0.4 is 4.90 Å². The molecule has 0 aromatic heterocycles. The zero-order chi connectivity index (χ0) is 17.3. The molecule has 0 unspecified atom stereocenters. The highest BCUT2D eigenvalue weighted by atomic mass is 32.2. The fourth-order valence-electron chi connectivity index (χ4n) is 2.50. The number of rotatable bonds is 2. The molecule has 1 aliphatic rings. The van der Waals surface area contributed by atoms with Crippen LogP contribution in [0.5, 0.6) is 0 Å². The predicted molar refractivity (Wildman–Crippen MR) is 100 cm³/mol. The predicted octanol–water partition coefficient (Wildman–Crippen LogP) is 5.23. The lowest BCUT2D eigenvalue weighted by Gasteiger charge is -2.18. The van der Waals surface area contributed by atoms with Crippen molar-refractivity contribution in [2.24, 2.45) is 0 Å². The van der Waals surface area contributed by atoms with E-state index in [1.807, 2.05) is 30.3 Å². The topological polar surface area (TPSA) is 37.4 Å². The first-order chi connectivity index (χ1) is 11.4. The van der Waals surface area contributed by atoms with E-state index in [0.717, 1.165) is 17.3 Å². The Bertz CT molecular complexity index is 802. The molecule has 4 heteroatoms. The Labute approximate surface area is 146 Å². The summed E-state index contributed by atoms with van der Waals surface area (Å²) in [4.78, 5) is 26.4. The summed E-state index contributed by atoms with van der Waals surface area (Å²) in [6.07, 6.45) is 1.78. The molecule has 0 atom stereocenters. The SMILES string of the molecule is CC(C)(C)c1ccc(/C=C2/SC(=O)N(c3ccccc3)C2=O)cc1. The maximum absolute atomic E-state index is 12.6. The summed E-state index contributed by atoms with van der Waals surface area (Å²) < 4.78 is 0. The molecule has 1 fully saturated rings. The molecular weight excluding hydrogens is 318 g/mol. The minimum atomic E-state index is -0.268. The van der Waals surface area contributed by atoms with E-state index < -0.39 is 0 Å². The molecule has 0 bridgehead atoms. The molecule has 0 N–H and O–H groups in total. The number of carbonyl (C=O) groups excluding carboxylic acids is 2. The van der Waals surface area contributed by atoms with E-state index >= 15 is 0 Å². The number of carbonyl (C=O) groups is 2. The van der Waals surface area contributed by atoms with Crippen LogP contribution in [0.4, 0.5) is 10.5 Å². The zero-order valence-electron chi connectivity index (χ0n) is 13.9. The fraction of sp³-hybridized carbons (Fsp3) is 0.200. The van der Waals surface area contributed by atoms with Gasteiger partial charge in [-0.15, -0.1) is 0 Å². The molecule has 1 saturated heterocycles. The number of hydrogen-bond acceptors (Lipinski definition) is 3. The number of nitrogens with zero attached hydrogens (tertiary/aromatic N) is 1. The van der Waals surface area contributed by atoms with Gasteiger partial charge in [-0.25, -0.2) is 4.90 Å². The van der Waals surface area contributed by atoms with Gasteiger partial charge in [-0.3, -0.25) is 9.59 Å². The first-order valence-corrected chi connectivity index (χ1v) is 8.61. The minimum Gasteiger partial charge on any atom is -0.268 e. The van der Waals surface area contributed by atoms with E-state index in [4.69, 9.17) is 0 Å². The zero-order valence-corrected chi connectivity index (χ0v) is 14.8. The smallest absolute Gasteiger partial charge is 0.268 e. The molecule has 0 spiro atoms. The standard InChI is InChI=1S/C20H19NO2S/c1-20(2,3)15-11-9-14(10-12-15)13-17-18(22)21(19(23)24-17)16-7-5-4-6-8-16/h4-13H,1-3H3/b17-13+. The summed E-state index contributed by atoms with van der Waals surface area (Å²) >= 11 is 0.980. The first-order valence-electron chi connectivity index (χ1n) is 7.80. The molecule has 0 aliphatic carbocycles. The Hall–Kier alpha value is -2.33. The van der Waals surface area contributed by atoms with E-state index in [1.165, 1.54) is 10.5 Å². The van der Waals surface area contributed by atoms with E-state index in [9.17, 15) is 9.59 Å². The average Bonchev–Trinajstić information content (AvgIpc) is 2.82. The summed E-state index contributed by atoms with van der Waals surface area (Å²) in [5.74, 6) is -0.268. The molecule has 2 amide bonds. The molecule has 3 nitrogen and oxygen atoms in total. The quantitative estimate of drug-likeness (QED) is 0.705. The van der Waals surface area contributed by atoms with Gasteiger partial charge in [-0.1, -0.05) is 63.2 Å². The maximum Gasteiger partial charge on any atom is 0.298 e. The lowest BCUT2D eigenvalue weighted by Crippen LogP contribution is -2.27. The van der Waals surface area contributed by atoms with Gasteiger partial charge in [0.15, 0.2) is 0 Å². The van der Waals surface area contributed by atoms with Crippen LogP contribution in [0.15, 0.2) is 59.5 Å². The molecule has 0 radical (unpaired) electrons. The van der Waals surface area contributed by atoms with Crippen molar-refractivity contribution in [3.8, 4) is 0 Å². The number of imide groups is 1. The van der Waals surface area contributed by atoms with Crippen LogP contribution >= 0.6 is 11.8 Å². The van der Waals surface area contributed by atoms with Crippen LogP contribution in [0, 0.1) is 0 Å². The third-order valence-corrected chi connectivity index (χ3v) is 4.75. The van der Waals surface area contributed by atoms with E-state index in [-0.39, 0.29) is 16.6 Å². The summed E-state index contributed by atoms with van der Waals surface area (Å²) in [6.45, 7) is 6.48. The van der Waals surface area contributed by atoms with Gasteiger partial charge in [0, 0.05) is 0 Å². The van der Waals surface area contributed by atoms with Crippen LogP contribution in [0.25, 0.3) is 6.08 Å². The third kappa shape index (κ3) is 3.29. The van der Waals surface area contributed by atoms with Gasteiger partial charge in [0.1, 0.15) is 0 Å². The number of anilines is 1. The van der Waals surface area contributed by atoms with Crippen LogP contribution in [-0.2, 0) is 10.2 Å². The number of para-hydroxylation sites is 1. The molecule has 1 heterocycles. The van der Waals surface area contributed by atoms with Crippen molar-refractivity contribution in [2.45, 2.75) is 26.2 Å². The Kier molecular flexibility index (Phi) is 4.33. The van der Waals surface area contributed by atoms with Crippen molar-refractivity contribution in [3.63, 3.8) is 0 Å². The second kappa shape index (κ2) is 6.29. The van der Waals surface area contributed by atoms with Crippen molar-refractivity contribution < 1.29 is 9.59 Å². The second-order valence-electron chi connectivity index (χ2n) is 6.72. The summed E-state index contributed by atoms with van der Waals surface area (Å²) in [6, 6.07) is 17.1. The van der Waals surface area contributed by atoms with Gasteiger partial charge in [-0.05, 0) is 46.5 Å².